The molecule has 0 aromatic heterocycles. The van der Waals surface area contributed by atoms with Gasteiger partial charge in [-0.05, 0) is 17.7 Å². The molecule has 1 aromatic rings. The average molecular weight is 175 g/mol. The van der Waals surface area contributed by atoms with Gasteiger partial charge in [-0.1, -0.05) is 18.1 Å². The molecule has 13 heavy (non-hydrogen) atoms. The molecule has 3 N–H and O–H groups in total. The van der Waals surface area contributed by atoms with Crippen LogP contribution in [0.2, 0.25) is 0 Å². The van der Waals surface area contributed by atoms with Crippen LogP contribution in [0.15, 0.2) is 24.3 Å². The first kappa shape index (κ1) is 9.30. The molecule has 0 radical (unpaired) electrons. The Kier molecular flexibility index (Phi) is 2.68. The van der Waals surface area contributed by atoms with E-state index in [2.05, 4.69) is 5.92 Å². The standard InChI is InChI=1S/C10H9NO2/c1-2-7-3-5-8(6-4-7)9(11)10(12)13/h1,3-6,9H,11H2,(H,12,13). The third-order valence-corrected chi connectivity index (χ3v) is 1.70. The van der Waals surface area contributed by atoms with Gasteiger partial charge in [0, 0.05) is 5.56 Å². The summed E-state index contributed by atoms with van der Waals surface area (Å²) in [5.74, 6) is 1.39. The summed E-state index contributed by atoms with van der Waals surface area (Å²) in [6.45, 7) is 0. The smallest absolute Gasteiger partial charge is 0.325 e. The highest BCUT2D eigenvalue weighted by molar-refractivity contribution is 5.75. The van der Waals surface area contributed by atoms with E-state index in [1.165, 1.54) is 0 Å². The Morgan fingerprint density at radius 1 is 1.46 bits per heavy atom. The summed E-state index contributed by atoms with van der Waals surface area (Å²) in [6, 6.07) is 5.59. The first-order valence-corrected chi connectivity index (χ1v) is 3.70. The highest BCUT2D eigenvalue weighted by atomic mass is 16.4. The molecule has 3 nitrogen and oxygen atoms in total. The third kappa shape index (κ3) is 2.08. The molecule has 0 spiro atoms. The number of nitrogens with two attached hydrogens (primary N) is 1. The number of hydrogen-bond acceptors (Lipinski definition) is 2. The van der Waals surface area contributed by atoms with Gasteiger partial charge in [0.05, 0.1) is 0 Å². The fourth-order valence-electron chi connectivity index (χ4n) is 0.929. The number of benzene rings is 1. The lowest BCUT2D eigenvalue weighted by Gasteiger charge is -2.05. The molecule has 66 valence electrons. The van der Waals surface area contributed by atoms with Crippen molar-refractivity contribution < 1.29 is 9.90 Å². The maximum Gasteiger partial charge on any atom is 0.325 e. The molecule has 0 saturated carbocycles. The number of aliphatic carboxylic acids is 1. The summed E-state index contributed by atoms with van der Waals surface area (Å²) < 4.78 is 0. The van der Waals surface area contributed by atoms with Crippen molar-refractivity contribution in [1.82, 2.24) is 0 Å². The minimum Gasteiger partial charge on any atom is -0.480 e. The van der Waals surface area contributed by atoms with E-state index in [1.807, 2.05) is 0 Å². The van der Waals surface area contributed by atoms with Crippen LogP contribution < -0.4 is 5.73 Å². The van der Waals surface area contributed by atoms with Gasteiger partial charge in [0.25, 0.3) is 0 Å². The van der Waals surface area contributed by atoms with E-state index in [-0.39, 0.29) is 0 Å². The molecule has 0 aliphatic rings. The van der Waals surface area contributed by atoms with E-state index >= 15 is 0 Å². The first-order chi connectivity index (χ1) is 6.15. The zero-order chi connectivity index (χ0) is 9.84. The van der Waals surface area contributed by atoms with Crippen LogP contribution in [0.1, 0.15) is 17.2 Å². The maximum absolute atomic E-state index is 10.5. The predicted octanol–water partition coefficient (Wildman–Crippen LogP) is 0.752. The Morgan fingerprint density at radius 3 is 2.38 bits per heavy atom. The van der Waals surface area contributed by atoms with Gasteiger partial charge < -0.3 is 10.8 Å². The van der Waals surface area contributed by atoms with Crippen LogP contribution in [0.4, 0.5) is 0 Å². The van der Waals surface area contributed by atoms with Crippen molar-refractivity contribution in [2.45, 2.75) is 6.04 Å². The molecule has 1 atom stereocenters. The van der Waals surface area contributed by atoms with Gasteiger partial charge in [0.1, 0.15) is 6.04 Å². The fourth-order valence-corrected chi connectivity index (χ4v) is 0.929. The molecule has 1 rings (SSSR count). The van der Waals surface area contributed by atoms with Crippen molar-refractivity contribution in [2.24, 2.45) is 5.73 Å². The van der Waals surface area contributed by atoms with Crippen LogP contribution in [-0.2, 0) is 4.79 Å². The largest absolute Gasteiger partial charge is 0.480 e. The number of terminal acetylenes is 1. The molecular formula is C10H9NO2. The summed E-state index contributed by atoms with van der Waals surface area (Å²) >= 11 is 0. The van der Waals surface area contributed by atoms with E-state index in [9.17, 15) is 4.79 Å². The van der Waals surface area contributed by atoms with Gasteiger partial charge in [-0.15, -0.1) is 6.42 Å². The van der Waals surface area contributed by atoms with E-state index in [4.69, 9.17) is 17.3 Å². The van der Waals surface area contributed by atoms with Crippen LogP contribution >= 0.6 is 0 Å². The highest BCUT2D eigenvalue weighted by Gasteiger charge is 2.12. The van der Waals surface area contributed by atoms with Crippen molar-refractivity contribution in [3.63, 3.8) is 0 Å². The number of carbonyl (C=O) groups is 1. The van der Waals surface area contributed by atoms with Gasteiger partial charge in [0.2, 0.25) is 0 Å². The third-order valence-electron chi connectivity index (χ3n) is 1.70. The summed E-state index contributed by atoms with van der Waals surface area (Å²) in [6.07, 6.45) is 5.14. The molecule has 0 aliphatic carbocycles. The molecule has 1 aromatic carbocycles. The van der Waals surface area contributed by atoms with Gasteiger partial charge in [-0.2, -0.15) is 0 Å². The molecule has 0 amide bonds. The molecule has 0 heterocycles. The highest BCUT2D eigenvalue weighted by Crippen LogP contribution is 2.10. The summed E-state index contributed by atoms with van der Waals surface area (Å²) in [7, 11) is 0. The Bertz CT molecular complexity index is 348. The van der Waals surface area contributed by atoms with Crippen molar-refractivity contribution in [2.75, 3.05) is 0 Å². The lowest BCUT2D eigenvalue weighted by atomic mass is 10.1. The number of hydrogen-bond donors (Lipinski definition) is 2. The van der Waals surface area contributed by atoms with E-state index < -0.39 is 12.0 Å². The molecular weight excluding hydrogens is 166 g/mol. The lowest BCUT2D eigenvalue weighted by molar-refractivity contribution is -0.138. The molecule has 0 saturated heterocycles. The monoisotopic (exact) mass is 175 g/mol. The van der Waals surface area contributed by atoms with Gasteiger partial charge in [0.15, 0.2) is 0 Å². The second kappa shape index (κ2) is 3.74. The Balaban J connectivity index is 2.93. The molecule has 0 bridgehead atoms. The minimum absolute atomic E-state index is 0.548. The number of rotatable bonds is 2. The number of carboxylic acids is 1. The summed E-state index contributed by atoms with van der Waals surface area (Å²) in [4.78, 5) is 10.5. The lowest BCUT2D eigenvalue weighted by Crippen LogP contribution is -2.20. The molecule has 0 aliphatic heterocycles. The maximum atomic E-state index is 10.5. The Morgan fingerprint density at radius 2 is 2.00 bits per heavy atom. The second-order valence-electron chi connectivity index (χ2n) is 2.58. The number of carboxylic acid groups (broad SMARTS) is 1. The summed E-state index contributed by atoms with van der Waals surface area (Å²) in [5, 5.41) is 8.60. The predicted molar refractivity (Wildman–Crippen MR) is 48.9 cm³/mol. The minimum atomic E-state index is -1.05. The van der Waals surface area contributed by atoms with Crippen LogP contribution in [0.5, 0.6) is 0 Å². The molecule has 1 unspecified atom stereocenters. The molecule has 3 heteroatoms. The SMILES string of the molecule is C#Cc1ccc(C(N)C(=O)O)cc1. The normalized spacial score (nSPS) is 11.7. The van der Waals surface area contributed by atoms with Crippen LogP contribution in [0.25, 0.3) is 0 Å². The zero-order valence-corrected chi connectivity index (χ0v) is 6.90. The Labute approximate surface area is 76.2 Å². The van der Waals surface area contributed by atoms with E-state index in [0.29, 0.717) is 11.1 Å². The van der Waals surface area contributed by atoms with Crippen molar-refractivity contribution in [3.05, 3.63) is 35.4 Å². The van der Waals surface area contributed by atoms with Crippen LogP contribution in [-0.4, -0.2) is 11.1 Å². The first-order valence-electron chi connectivity index (χ1n) is 3.70. The zero-order valence-electron chi connectivity index (χ0n) is 6.90. The fraction of sp³-hybridized carbons (Fsp3) is 0.100. The average Bonchev–Trinajstić information content (AvgIpc) is 2.17. The topological polar surface area (TPSA) is 63.3 Å². The van der Waals surface area contributed by atoms with Gasteiger partial charge in [-0.25, -0.2) is 0 Å². The van der Waals surface area contributed by atoms with E-state index in [1.54, 1.807) is 24.3 Å². The van der Waals surface area contributed by atoms with Crippen LogP contribution in [0, 0.1) is 12.3 Å². The molecule has 0 fully saturated rings. The Hall–Kier alpha value is -1.79. The van der Waals surface area contributed by atoms with Crippen molar-refractivity contribution in [1.29, 1.82) is 0 Å². The second-order valence-corrected chi connectivity index (χ2v) is 2.58. The van der Waals surface area contributed by atoms with Gasteiger partial charge >= 0.3 is 5.97 Å². The van der Waals surface area contributed by atoms with Crippen molar-refractivity contribution >= 4 is 5.97 Å². The quantitative estimate of drug-likeness (QED) is 0.652. The van der Waals surface area contributed by atoms with Crippen molar-refractivity contribution in [3.8, 4) is 12.3 Å². The van der Waals surface area contributed by atoms with E-state index in [0.717, 1.165) is 0 Å². The van der Waals surface area contributed by atoms with Gasteiger partial charge in [-0.3, -0.25) is 4.79 Å². The van der Waals surface area contributed by atoms with Crippen LogP contribution in [0.3, 0.4) is 0 Å². The summed E-state index contributed by atoms with van der Waals surface area (Å²) in [5.41, 5.74) is 6.64.